The Hall–Kier alpha value is -5.74. The highest BCUT2D eigenvalue weighted by molar-refractivity contribution is 5.85. The van der Waals surface area contributed by atoms with Crippen molar-refractivity contribution < 1.29 is 43.7 Å². The van der Waals surface area contributed by atoms with Gasteiger partial charge in [-0.1, -0.05) is 18.2 Å². The number of para-hydroxylation sites is 1. The highest BCUT2D eigenvalue weighted by Crippen LogP contribution is 2.19. The molecule has 0 bridgehead atoms. The Kier molecular flexibility index (Phi) is 15.1. The number of anilines is 1. The number of aryl methyl sites for hydroxylation is 1. The second-order valence-corrected chi connectivity index (χ2v) is 9.89. The van der Waals surface area contributed by atoms with Gasteiger partial charge in [-0.05, 0) is 43.2 Å². The third-order valence-electron chi connectivity index (χ3n) is 5.94. The summed E-state index contributed by atoms with van der Waals surface area (Å²) in [6, 6.07) is 11.7. The van der Waals surface area contributed by atoms with Gasteiger partial charge in [-0.2, -0.15) is 0 Å². The van der Waals surface area contributed by atoms with E-state index in [0.29, 0.717) is 17.7 Å². The number of aliphatic carboxylic acids is 3. The molecule has 2 amide bonds. The molecule has 0 aliphatic carbocycles. The van der Waals surface area contributed by atoms with Crippen molar-refractivity contribution in [1.29, 1.82) is 0 Å². The van der Waals surface area contributed by atoms with E-state index in [2.05, 4.69) is 16.0 Å². The monoisotopic (exact) mass is 642 g/mol. The van der Waals surface area contributed by atoms with Crippen molar-refractivity contribution in [1.82, 2.24) is 10.3 Å². The molecule has 0 radical (unpaired) electrons. The molecule has 0 spiro atoms. The quantitative estimate of drug-likeness (QED) is 0.0944. The van der Waals surface area contributed by atoms with Crippen LogP contribution in [0.2, 0.25) is 0 Å². The number of nitrogens with one attached hydrogen (secondary N) is 2. The Balaban J connectivity index is 0.000000316. The van der Waals surface area contributed by atoms with Gasteiger partial charge >= 0.3 is 23.5 Å². The fraction of sp³-hybridized carbons (Fsp3) is 0.267. The van der Waals surface area contributed by atoms with E-state index in [9.17, 15) is 28.8 Å². The first-order valence-electron chi connectivity index (χ1n) is 13.5. The average molecular weight is 643 g/mol. The lowest BCUT2D eigenvalue weighted by Gasteiger charge is -2.04. The molecule has 0 aliphatic heterocycles. The third-order valence-corrected chi connectivity index (χ3v) is 5.94. The summed E-state index contributed by atoms with van der Waals surface area (Å²) in [6.07, 6.45) is 1.85. The topological polar surface area (TPSA) is 308 Å². The molecule has 16 heteroatoms. The number of nitrogens with two attached hydrogens (primary N) is 4. The van der Waals surface area contributed by atoms with Crippen molar-refractivity contribution in [3.63, 3.8) is 0 Å². The second kappa shape index (κ2) is 18.2. The van der Waals surface area contributed by atoms with Crippen LogP contribution in [0.1, 0.15) is 31.4 Å². The average Bonchev–Trinajstić information content (AvgIpc) is 3.35. The van der Waals surface area contributed by atoms with Crippen molar-refractivity contribution in [3.8, 4) is 0 Å². The van der Waals surface area contributed by atoms with Gasteiger partial charge in [-0.3, -0.25) is 24.0 Å². The fourth-order valence-electron chi connectivity index (χ4n) is 3.64. The van der Waals surface area contributed by atoms with Crippen molar-refractivity contribution in [3.05, 3.63) is 76.3 Å². The van der Waals surface area contributed by atoms with Crippen LogP contribution in [0.3, 0.4) is 0 Å². The number of nitrogen functional groups attached to an aromatic ring is 1. The predicted octanol–water partition coefficient (Wildman–Crippen LogP) is 0.675. The van der Waals surface area contributed by atoms with Gasteiger partial charge in [0, 0.05) is 53.7 Å². The zero-order valence-corrected chi connectivity index (χ0v) is 25.4. The lowest BCUT2D eigenvalue weighted by molar-refractivity contribution is -0.141. The van der Waals surface area contributed by atoms with Crippen LogP contribution in [-0.2, 0) is 30.4 Å². The van der Waals surface area contributed by atoms with Gasteiger partial charge in [0.1, 0.15) is 23.7 Å². The number of carboxylic acid groups (broad SMARTS) is 3. The molecule has 4 aromatic rings. The van der Waals surface area contributed by atoms with Crippen LogP contribution in [0.25, 0.3) is 21.9 Å². The molecule has 13 N–H and O–H groups in total. The molecule has 0 aliphatic rings. The van der Waals surface area contributed by atoms with E-state index >= 15 is 0 Å². The number of carbonyl (C=O) groups excluding carboxylic acids is 2. The van der Waals surface area contributed by atoms with Crippen LogP contribution < -0.4 is 33.9 Å². The molecule has 3 unspecified atom stereocenters. The largest absolute Gasteiger partial charge is 0.480 e. The van der Waals surface area contributed by atoms with E-state index in [1.807, 2.05) is 43.5 Å². The number of aromatic amines is 1. The second-order valence-electron chi connectivity index (χ2n) is 9.89. The minimum absolute atomic E-state index is 0.310. The number of rotatable bonds is 8. The van der Waals surface area contributed by atoms with Crippen LogP contribution in [0.5, 0.6) is 0 Å². The van der Waals surface area contributed by atoms with E-state index < -0.39 is 41.9 Å². The molecule has 248 valence electrons. The number of H-pyrrole nitrogens is 1. The molecule has 16 nitrogen and oxygen atoms in total. The summed E-state index contributed by atoms with van der Waals surface area (Å²) in [5, 5.41) is 29.2. The molecule has 2 heterocycles. The Bertz CT molecular complexity index is 1700. The van der Waals surface area contributed by atoms with E-state index in [-0.39, 0.29) is 18.0 Å². The zero-order chi connectivity index (χ0) is 35.1. The highest BCUT2D eigenvalue weighted by atomic mass is 16.4. The normalized spacial score (nSPS) is 12.0. The van der Waals surface area contributed by atoms with Crippen molar-refractivity contribution in [2.45, 2.75) is 51.7 Å². The number of primary amides is 1. The van der Waals surface area contributed by atoms with E-state index in [0.717, 1.165) is 27.4 Å². The smallest absolute Gasteiger partial charge is 0.336 e. The molecule has 2 aromatic heterocycles. The van der Waals surface area contributed by atoms with E-state index in [4.69, 9.17) is 36.9 Å². The van der Waals surface area contributed by atoms with Crippen LogP contribution in [0.15, 0.2) is 63.9 Å². The van der Waals surface area contributed by atoms with Gasteiger partial charge in [0.2, 0.25) is 11.8 Å². The number of hydrogen-bond donors (Lipinski definition) is 9. The molecule has 3 atom stereocenters. The molecule has 46 heavy (non-hydrogen) atoms. The zero-order valence-electron chi connectivity index (χ0n) is 25.4. The first kappa shape index (κ1) is 38.3. The summed E-state index contributed by atoms with van der Waals surface area (Å²) in [5.41, 5.74) is 24.3. The van der Waals surface area contributed by atoms with Gasteiger partial charge in [-0.15, -0.1) is 0 Å². The van der Waals surface area contributed by atoms with E-state index in [1.165, 1.54) is 19.9 Å². The summed E-state index contributed by atoms with van der Waals surface area (Å²) in [5.74, 6) is -4.24. The van der Waals surface area contributed by atoms with Gasteiger partial charge in [0.15, 0.2) is 0 Å². The Morgan fingerprint density at radius 1 is 0.913 bits per heavy atom. The first-order valence-corrected chi connectivity index (χ1v) is 13.5. The van der Waals surface area contributed by atoms with Crippen LogP contribution >= 0.6 is 0 Å². The standard InChI is InChI=1S/C11H12N2O2.C10H9NO2.C5H9NO3.C4H8N2O3/c12-9(11(14)15)5-7-6-13-10-4-2-1-3-8(7)10;1-6-4-10(12)13-9-5-7(11)2-3-8(6)9;1-3(5(8)9)6-4(2)7;5-2(4(8)9)1-3(6)7/h1-4,6,9,13H,5,12H2,(H,14,15);2-5H,11H2,1H3;3H,1-2H3,(H,6,7)(H,8,9);2H,1,5H2,(H2,6,7)(H,8,9). The summed E-state index contributed by atoms with van der Waals surface area (Å²) in [6.45, 7) is 4.55. The lowest BCUT2D eigenvalue weighted by Crippen LogP contribution is -2.36. The molecule has 0 saturated carbocycles. The van der Waals surface area contributed by atoms with Gasteiger partial charge in [-0.25, -0.2) is 4.79 Å². The van der Waals surface area contributed by atoms with Crippen molar-refractivity contribution in [2.75, 3.05) is 5.73 Å². The molecular formula is C30H38N6O10. The number of amides is 2. The SMILES string of the molecule is CC(=O)NC(C)C(=O)O.Cc1cc(=O)oc2cc(N)ccc12.NC(=O)CC(N)C(=O)O.NC(Cc1c[nH]c2ccccc12)C(=O)O. The maximum atomic E-state index is 11.0. The number of carboxylic acids is 3. The van der Waals surface area contributed by atoms with Crippen LogP contribution in [0.4, 0.5) is 5.69 Å². The fourth-order valence-corrected chi connectivity index (χ4v) is 3.64. The Labute approximate surface area is 262 Å². The summed E-state index contributed by atoms with van der Waals surface area (Å²) >= 11 is 0. The van der Waals surface area contributed by atoms with Gasteiger partial charge in [0.25, 0.3) is 0 Å². The molecule has 0 saturated heterocycles. The number of hydrogen-bond acceptors (Lipinski definition) is 10. The maximum absolute atomic E-state index is 11.0. The minimum Gasteiger partial charge on any atom is -0.480 e. The summed E-state index contributed by atoms with van der Waals surface area (Å²) in [7, 11) is 0. The highest BCUT2D eigenvalue weighted by Gasteiger charge is 2.15. The number of aromatic nitrogens is 1. The third kappa shape index (κ3) is 13.3. The van der Waals surface area contributed by atoms with Crippen molar-refractivity contribution in [2.24, 2.45) is 17.2 Å². The van der Waals surface area contributed by atoms with E-state index in [1.54, 1.807) is 12.1 Å². The number of fused-ring (bicyclic) bond motifs is 2. The molecular weight excluding hydrogens is 604 g/mol. The molecule has 2 aromatic carbocycles. The number of carbonyl (C=O) groups is 5. The maximum Gasteiger partial charge on any atom is 0.336 e. The number of benzene rings is 2. The summed E-state index contributed by atoms with van der Waals surface area (Å²) in [4.78, 5) is 64.8. The van der Waals surface area contributed by atoms with Crippen LogP contribution in [0, 0.1) is 6.92 Å². The molecule has 0 fully saturated rings. The predicted molar refractivity (Wildman–Crippen MR) is 170 cm³/mol. The first-order chi connectivity index (χ1) is 21.4. The lowest BCUT2D eigenvalue weighted by atomic mass is 10.1. The van der Waals surface area contributed by atoms with Gasteiger partial charge < -0.3 is 53.0 Å². The minimum atomic E-state index is -1.21. The van der Waals surface area contributed by atoms with Gasteiger partial charge in [0.05, 0.1) is 6.42 Å². The summed E-state index contributed by atoms with van der Waals surface area (Å²) < 4.78 is 4.99. The Morgan fingerprint density at radius 2 is 1.52 bits per heavy atom. The van der Waals surface area contributed by atoms with Crippen LogP contribution in [-0.4, -0.2) is 68.2 Å². The van der Waals surface area contributed by atoms with Crippen molar-refractivity contribution >= 4 is 57.3 Å². The molecule has 4 rings (SSSR count). The Morgan fingerprint density at radius 3 is 2.02 bits per heavy atom.